The van der Waals surface area contributed by atoms with Gasteiger partial charge < -0.3 is 5.32 Å². The van der Waals surface area contributed by atoms with Gasteiger partial charge in [0.1, 0.15) is 0 Å². The van der Waals surface area contributed by atoms with Gasteiger partial charge >= 0.3 is 12.1 Å². The Bertz CT molecular complexity index is 625. The molecule has 0 unspecified atom stereocenters. The summed E-state index contributed by atoms with van der Waals surface area (Å²) in [7, 11) is -4.00. The second kappa shape index (κ2) is 5.56. The van der Waals surface area contributed by atoms with Crippen LogP contribution in [0.3, 0.4) is 0 Å². The number of primary sulfonamides is 1. The van der Waals surface area contributed by atoms with Crippen LogP contribution in [0.2, 0.25) is 0 Å². The summed E-state index contributed by atoms with van der Waals surface area (Å²) in [6, 6.07) is 3.71. The SMILES string of the molecule is NS(=O)(=O)c1ccc(C(=O)NCC(F)(F)C(F)(F)F)cc1. The Kier molecular flexibility index (Phi) is 4.58. The number of nitrogens with two attached hydrogens (primary N) is 1. The number of alkyl halides is 5. The third-order valence-corrected chi connectivity index (χ3v) is 3.26. The number of rotatable bonds is 4. The average molecular weight is 332 g/mol. The molecule has 0 aliphatic carbocycles. The highest BCUT2D eigenvalue weighted by molar-refractivity contribution is 7.89. The first-order chi connectivity index (χ1) is 9.34. The zero-order chi connectivity index (χ0) is 16.5. The van der Waals surface area contributed by atoms with E-state index in [1.807, 2.05) is 0 Å². The van der Waals surface area contributed by atoms with Crippen LogP contribution in [0.15, 0.2) is 29.2 Å². The van der Waals surface area contributed by atoms with Crippen molar-refractivity contribution in [2.45, 2.75) is 17.0 Å². The van der Waals surface area contributed by atoms with Crippen molar-refractivity contribution in [2.75, 3.05) is 6.54 Å². The molecule has 0 heterocycles. The normalized spacial score (nSPS) is 13.0. The summed E-state index contributed by atoms with van der Waals surface area (Å²) in [5.74, 6) is -6.27. The number of halogens is 5. The average Bonchev–Trinajstić information content (AvgIpc) is 2.34. The second-order valence-corrected chi connectivity index (χ2v) is 5.52. The lowest BCUT2D eigenvalue weighted by Gasteiger charge is -2.19. The highest BCUT2D eigenvalue weighted by Gasteiger charge is 2.57. The van der Waals surface area contributed by atoms with Gasteiger partial charge in [-0.25, -0.2) is 13.6 Å². The van der Waals surface area contributed by atoms with Crippen LogP contribution in [-0.4, -0.2) is 33.0 Å². The number of sulfonamides is 1. The molecule has 0 fully saturated rings. The Morgan fingerprint density at radius 2 is 1.57 bits per heavy atom. The smallest absolute Gasteiger partial charge is 0.346 e. The molecule has 11 heteroatoms. The van der Waals surface area contributed by atoms with Crippen LogP contribution in [0.5, 0.6) is 0 Å². The van der Waals surface area contributed by atoms with Crippen LogP contribution < -0.4 is 10.5 Å². The zero-order valence-corrected chi connectivity index (χ0v) is 10.9. The van der Waals surface area contributed by atoms with Gasteiger partial charge in [0.2, 0.25) is 10.0 Å². The van der Waals surface area contributed by atoms with Gasteiger partial charge in [0.25, 0.3) is 5.91 Å². The molecule has 3 N–H and O–H groups in total. The molecular weight excluding hydrogens is 323 g/mol. The van der Waals surface area contributed by atoms with Crippen LogP contribution in [0.4, 0.5) is 22.0 Å². The molecule has 21 heavy (non-hydrogen) atoms. The van der Waals surface area contributed by atoms with Crippen LogP contribution in [0.1, 0.15) is 10.4 Å². The molecule has 0 atom stereocenters. The van der Waals surface area contributed by atoms with Gasteiger partial charge in [-0.15, -0.1) is 0 Å². The number of carbonyl (C=O) groups is 1. The molecule has 1 aromatic carbocycles. The van der Waals surface area contributed by atoms with Gasteiger partial charge in [0.15, 0.2) is 0 Å². The lowest BCUT2D eigenvalue weighted by molar-refractivity contribution is -0.278. The molecule has 0 radical (unpaired) electrons. The highest BCUT2D eigenvalue weighted by atomic mass is 32.2. The quantitative estimate of drug-likeness (QED) is 0.814. The molecule has 1 rings (SSSR count). The van der Waals surface area contributed by atoms with Crippen molar-refractivity contribution >= 4 is 15.9 Å². The summed E-state index contributed by atoms with van der Waals surface area (Å²) in [4.78, 5) is 11.1. The maximum Gasteiger partial charge on any atom is 0.455 e. The van der Waals surface area contributed by atoms with Gasteiger partial charge in [0, 0.05) is 5.56 Å². The van der Waals surface area contributed by atoms with Crippen LogP contribution >= 0.6 is 0 Å². The number of carbonyl (C=O) groups excluding carboxylic acids is 1. The predicted octanol–water partition coefficient (Wildman–Crippen LogP) is 1.26. The van der Waals surface area contributed by atoms with E-state index in [-0.39, 0.29) is 10.5 Å². The van der Waals surface area contributed by atoms with E-state index in [1.54, 1.807) is 0 Å². The highest BCUT2D eigenvalue weighted by Crippen LogP contribution is 2.34. The van der Waals surface area contributed by atoms with E-state index in [2.05, 4.69) is 0 Å². The number of amides is 1. The Labute approximate surface area is 116 Å². The third-order valence-electron chi connectivity index (χ3n) is 2.33. The number of nitrogens with one attached hydrogen (secondary N) is 1. The van der Waals surface area contributed by atoms with Gasteiger partial charge in [0.05, 0.1) is 11.4 Å². The van der Waals surface area contributed by atoms with E-state index < -0.39 is 34.6 Å². The van der Waals surface area contributed by atoms with Crippen molar-refractivity contribution in [3.63, 3.8) is 0 Å². The third kappa shape index (κ3) is 4.36. The Balaban J connectivity index is 2.78. The van der Waals surface area contributed by atoms with E-state index in [0.29, 0.717) is 0 Å². The fourth-order valence-corrected chi connectivity index (χ4v) is 1.71. The maximum absolute atomic E-state index is 12.6. The van der Waals surface area contributed by atoms with E-state index in [9.17, 15) is 35.2 Å². The van der Waals surface area contributed by atoms with Crippen molar-refractivity contribution in [3.8, 4) is 0 Å². The molecule has 1 aromatic rings. The van der Waals surface area contributed by atoms with Gasteiger partial charge in [-0.1, -0.05) is 0 Å². The summed E-state index contributed by atoms with van der Waals surface area (Å²) in [6.45, 7) is -1.92. The molecular formula is C10H9F5N2O3S. The van der Waals surface area contributed by atoms with E-state index in [1.165, 1.54) is 5.32 Å². The summed E-state index contributed by atoms with van der Waals surface area (Å²) in [5, 5.41) is 6.21. The van der Waals surface area contributed by atoms with Crippen molar-refractivity contribution < 1.29 is 35.2 Å². The van der Waals surface area contributed by atoms with Crippen molar-refractivity contribution in [1.82, 2.24) is 5.32 Å². The Morgan fingerprint density at radius 3 is 1.95 bits per heavy atom. The molecule has 0 bridgehead atoms. The topological polar surface area (TPSA) is 89.3 Å². The van der Waals surface area contributed by atoms with E-state index in [0.717, 1.165) is 24.3 Å². The number of hydrogen-bond acceptors (Lipinski definition) is 3. The number of benzene rings is 1. The minimum absolute atomic E-state index is 0.291. The molecule has 0 spiro atoms. The molecule has 118 valence electrons. The minimum Gasteiger partial charge on any atom is -0.346 e. The molecule has 0 saturated carbocycles. The minimum atomic E-state index is -5.78. The van der Waals surface area contributed by atoms with Crippen molar-refractivity contribution in [1.29, 1.82) is 0 Å². The molecule has 0 aliphatic rings. The summed E-state index contributed by atoms with van der Waals surface area (Å²) in [5.41, 5.74) is -0.291. The molecule has 0 aromatic heterocycles. The summed E-state index contributed by atoms with van der Waals surface area (Å²) in [6.07, 6.45) is -5.78. The molecule has 1 amide bonds. The van der Waals surface area contributed by atoms with Crippen molar-refractivity contribution in [2.24, 2.45) is 5.14 Å². The Hall–Kier alpha value is -1.75. The first-order valence-corrected chi connectivity index (χ1v) is 6.75. The van der Waals surface area contributed by atoms with Crippen molar-refractivity contribution in [3.05, 3.63) is 29.8 Å². The fraction of sp³-hybridized carbons (Fsp3) is 0.300. The van der Waals surface area contributed by atoms with Crippen LogP contribution in [0.25, 0.3) is 0 Å². The van der Waals surface area contributed by atoms with Gasteiger partial charge in [-0.3, -0.25) is 4.79 Å². The summed E-state index contributed by atoms with van der Waals surface area (Å²) < 4.78 is 82.7. The predicted molar refractivity (Wildman–Crippen MR) is 61.2 cm³/mol. The first kappa shape index (κ1) is 17.3. The fourth-order valence-electron chi connectivity index (χ4n) is 1.19. The molecule has 0 aliphatic heterocycles. The van der Waals surface area contributed by atoms with E-state index in [4.69, 9.17) is 5.14 Å². The summed E-state index contributed by atoms with van der Waals surface area (Å²) >= 11 is 0. The zero-order valence-electron chi connectivity index (χ0n) is 10.1. The molecule has 5 nitrogen and oxygen atoms in total. The first-order valence-electron chi connectivity index (χ1n) is 5.20. The van der Waals surface area contributed by atoms with Gasteiger partial charge in [-0.2, -0.15) is 22.0 Å². The standard InChI is InChI=1S/C10H9F5N2O3S/c11-9(12,10(13,14)15)5-17-8(18)6-1-3-7(4-2-6)21(16,19)20/h1-4H,5H2,(H,17,18)(H2,16,19,20). The Morgan fingerprint density at radius 1 is 1.10 bits per heavy atom. The number of hydrogen-bond donors (Lipinski definition) is 2. The van der Waals surface area contributed by atoms with E-state index >= 15 is 0 Å². The molecule has 0 saturated heterocycles. The monoisotopic (exact) mass is 332 g/mol. The van der Waals surface area contributed by atoms with Crippen LogP contribution in [-0.2, 0) is 10.0 Å². The second-order valence-electron chi connectivity index (χ2n) is 3.95. The lowest BCUT2D eigenvalue weighted by Crippen LogP contribution is -2.46. The largest absolute Gasteiger partial charge is 0.455 e. The van der Waals surface area contributed by atoms with Gasteiger partial charge in [-0.05, 0) is 24.3 Å². The lowest BCUT2D eigenvalue weighted by atomic mass is 10.2. The maximum atomic E-state index is 12.6. The van der Waals surface area contributed by atoms with Crippen LogP contribution in [0, 0.1) is 0 Å².